The summed E-state index contributed by atoms with van der Waals surface area (Å²) in [5.74, 6) is 1.06. The van der Waals surface area contributed by atoms with E-state index >= 15 is 0 Å². The van der Waals surface area contributed by atoms with E-state index in [0.717, 1.165) is 11.6 Å². The average Bonchev–Trinajstić information content (AvgIpc) is 1.87. The van der Waals surface area contributed by atoms with E-state index in [9.17, 15) is 0 Å². The molecule has 70 valence electrons. The van der Waals surface area contributed by atoms with Crippen LogP contribution >= 0.6 is 12.4 Å². The highest BCUT2D eigenvalue weighted by molar-refractivity contribution is 5.85. The Morgan fingerprint density at radius 2 is 1.62 bits per heavy atom. The van der Waals surface area contributed by atoms with Crippen molar-refractivity contribution in [2.45, 2.75) is 24.7 Å². The van der Waals surface area contributed by atoms with Gasteiger partial charge in [-0.3, -0.25) is 0 Å². The average molecular weight is 196 g/mol. The highest BCUT2D eigenvalue weighted by Crippen LogP contribution is 2.65. The van der Waals surface area contributed by atoms with Crippen molar-refractivity contribution in [3.63, 3.8) is 0 Å². The molecule has 1 aromatic carbocycles. The predicted octanol–water partition coefficient (Wildman–Crippen LogP) is 2.74. The van der Waals surface area contributed by atoms with Gasteiger partial charge < -0.3 is 5.73 Å². The van der Waals surface area contributed by atoms with Gasteiger partial charge >= 0.3 is 0 Å². The normalized spacial score (nSPS) is 34.0. The molecule has 0 spiro atoms. The fourth-order valence-corrected chi connectivity index (χ4v) is 2.67. The number of anilines is 1. The van der Waals surface area contributed by atoms with Gasteiger partial charge in [-0.25, -0.2) is 0 Å². The molecule has 1 nitrogen and oxygen atoms in total. The minimum absolute atomic E-state index is 0. The summed E-state index contributed by atoms with van der Waals surface area (Å²) in [5.41, 5.74) is 8.63. The number of hydrogen-bond donors (Lipinski definition) is 1. The first-order valence-electron chi connectivity index (χ1n) is 4.65. The lowest BCUT2D eigenvalue weighted by Gasteiger charge is -2.62. The van der Waals surface area contributed by atoms with Gasteiger partial charge in [0, 0.05) is 5.69 Å². The van der Waals surface area contributed by atoms with Crippen LogP contribution in [0.15, 0.2) is 24.3 Å². The van der Waals surface area contributed by atoms with E-state index in [1.54, 1.807) is 0 Å². The minimum Gasteiger partial charge on any atom is -0.399 e. The largest absolute Gasteiger partial charge is 0.399 e. The maximum atomic E-state index is 5.64. The zero-order valence-electron chi connectivity index (χ0n) is 7.49. The number of nitrogens with two attached hydrogens (primary N) is 1. The molecule has 3 aliphatic rings. The van der Waals surface area contributed by atoms with Gasteiger partial charge in [0.15, 0.2) is 0 Å². The summed E-state index contributed by atoms with van der Waals surface area (Å²) in [6.45, 7) is 0. The molecule has 0 saturated heterocycles. The molecule has 0 aromatic heterocycles. The van der Waals surface area contributed by atoms with Crippen LogP contribution in [0.25, 0.3) is 0 Å². The predicted molar refractivity (Wildman–Crippen MR) is 57.1 cm³/mol. The zero-order chi connectivity index (χ0) is 8.18. The standard InChI is InChI=1S/C11H13N.ClH/c12-10-3-1-9(2-4-10)11-5-8(6-11)7-11;/h1-4,8H,5-7,12H2;1H. The second-order valence-electron chi connectivity index (χ2n) is 4.38. The second-order valence-corrected chi connectivity index (χ2v) is 4.38. The summed E-state index contributed by atoms with van der Waals surface area (Å²) in [6, 6.07) is 8.45. The molecule has 0 atom stereocenters. The van der Waals surface area contributed by atoms with E-state index < -0.39 is 0 Å². The zero-order valence-corrected chi connectivity index (χ0v) is 8.31. The third kappa shape index (κ3) is 1.07. The maximum Gasteiger partial charge on any atom is 0.0314 e. The second kappa shape index (κ2) is 2.65. The molecule has 0 radical (unpaired) electrons. The Labute approximate surface area is 84.7 Å². The lowest BCUT2D eigenvalue weighted by atomic mass is 9.42. The number of halogens is 1. The van der Waals surface area contributed by atoms with Crippen LogP contribution in [0.3, 0.4) is 0 Å². The minimum atomic E-state index is 0. The van der Waals surface area contributed by atoms with Gasteiger partial charge in [-0.05, 0) is 48.3 Å². The lowest BCUT2D eigenvalue weighted by Crippen LogP contribution is -2.55. The van der Waals surface area contributed by atoms with Crippen LogP contribution in [0.5, 0.6) is 0 Å². The molecule has 3 aliphatic carbocycles. The molecule has 0 heterocycles. The third-order valence-corrected chi connectivity index (χ3v) is 3.56. The topological polar surface area (TPSA) is 26.0 Å². The van der Waals surface area contributed by atoms with Gasteiger partial charge in [-0.15, -0.1) is 12.4 Å². The van der Waals surface area contributed by atoms with Crippen molar-refractivity contribution in [2.75, 3.05) is 5.73 Å². The van der Waals surface area contributed by atoms with Gasteiger partial charge in [-0.2, -0.15) is 0 Å². The van der Waals surface area contributed by atoms with Gasteiger partial charge in [0.2, 0.25) is 0 Å². The quantitative estimate of drug-likeness (QED) is 0.686. The first kappa shape index (κ1) is 8.89. The van der Waals surface area contributed by atoms with Crippen LogP contribution in [-0.4, -0.2) is 0 Å². The fourth-order valence-electron chi connectivity index (χ4n) is 2.67. The van der Waals surface area contributed by atoms with Crippen molar-refractivity contribution in [1.82, 2.24) is 0 Å². The highest BCUT2D eigenvalue weighted by atomic mass is 35.5. The van der Waals surface area contributed by atoms with Crippen LogP contribution in [0.4, 0.5) is 5.69 Å². The molecule has 2 bridgehead atoms. The molecule has 4 rings (SSSR count). The van der Waals surface area contributed by atoms with Crippen molar-refractivity contribution in [3.05, 3.63) is 29.8 Å². The summed E-state index contributed by atoms with van der Waals surface area (Å²) in [4.78, 5) is 0. The molecule has 3 saturated carbocycles. The SMILES string of the molecule is Cl.Nc1ccc(C23CC(C2)C3)cc1. The van der Waals surface area contributed by atoms with Crippen molar-refractivity contribution < 1.29 is 0 Å². The van der Waals surface area contributed by atoms with Gasteiger partial charge in [-0.1, -0.05) is 12.1 Å². The van der Waals surface area contributed by atoms with E-state index in [0.29, 0.717) is 5.41 Å². The van der Waals surface area contributed by atoms with E-state index in [2.05, 4.69) is 12.1 Å². The Balaban J connectivity index is 0.000000653. The molecule has 2 heteroatoms. The molecule has 1 aromatic rings. The number of rotatable bonds is 1. The van der Waals surface area contributed by atoms with Gasteiger partial charge in [0.25, 0.3) is 0 Å². The first-order valence-corrected chi connectivity index (χ1v) is 4.65. The Hall–Kier alpha value is -0.690. The molecular weight excluding hydrogens is 182 g/mol. The molecule has 0 amide bonds. The van der Waals surface area contributed by atoms with Crippen LogP contribution in [0.2, 0.25) is 0 Å². The smallest absolute Gasteiger partial charge is 0.0314 e. The van der Waals surface area contributed by atoms with E-state index in [1.165, 1.54) is 24.8 Å². The highest BCUT2D eigenvalue weighted by Gasteiger charge is 2.57. The Kier molecular flexibility index (Phi) is 1.81. The number of nitrogen functional groups attached to an aromatic ring is 1. The molecule has 2 N–H and O–H groups in total. The fraction of sp³-hybridized carbons (Fsp3) is 0.455. The molecule has 13 heavy (non-hydrogen) atoms. The van der Waals surface area contributed by atoms with Crippen LogP contribution in [0, 0.1) is 5.92 Å². The number of benzene rings is 1. The van der Waals surface area contributed by atoms with Crippen LogP contribution in [0.1, 0.15) is 24.8 Å². The molecule has 0 aliphatic heterocycles. The Bertz CT molecular complexity index is 300. The molecule has 3 fully saturated rings. The van der Waals surface area contributed by atoms with E-state index in [1.807, 2.05) is 12.1 Å². The Morgan fingerprint density at radius 3 is 2.00 bits per heavy atom. The number of hydrogen-bond acceptors (Lipinski definition) is 1. The van der Waals surface area contributed by atoms with Crippen LogP contribution in [-0.2, 0) is 5.41 Å². The van der Waals surface area contributed by atoms with Crippen molar-refractivity contribution in [1.29, 1.82) is 0 Å². The van der Waals surface area contributed by atoms with Gasteiger partial charge in [0.1, 0.15) is 0 Å². The Morgan fingerprint density at radius 1 is 1.08 bits per heavy atom. The summed E-state index contributed by atoms with van der Waals surface area (Å²) in [6.07, 6.45) is 4.28. The van der Waals surface area contributed by atoms with Gasteiger partial charge in [0.05, 0.1) is 0 Å². The van der Waals surface area contributed by atoms with Crippen molar-refractivity contribution >= 4 is 18.1 Å². The lowest BCUT2D eigenvalue weighted by molar-refractivity contribution is -0.0273. The monoisotopic (exact) mass is 195 g/mol. The van der Waals surface area contributed by atoms with Crippen molar-refractivity contribution in [3.8, 4) is 0 Å². The van der Waals surface area contributed by atoms with Crippen LogP contribution < -0.4 is 5.73 Å². The molecular formula is C11H14ClN. The van der Waals surface area contributed by atoms with E-state index in [4.69, 9.17) is 5.73 Å². The third-order valence-electron chi connectivity index (χ3n) is 3.56. The summed E-state index contributed by atoms with van der Waals surface area (Å²) in [7, 11) is 0. The summed E-state index contributed by atoms with van der Waals surface area (Å²) in [5, 5.41) is 0. The summed E-state index contributed by atoms with van der Waals surface area (Å²) >= 11 is 0. The molecule has 0 unspecified atom stereocenters. The van der Waals surface area contributed by atoms with Crippen molar-refractivity contribution in [2.24, 2.45) is 5.92 Å². The first-order chi connectivity index (χ1) is 5.78. The van der Waals surface area contributed by atoms with E-state index in [-0.39, 0.29) is 12.4 Å². The maximum absolute atomic E-state index is 5.64. The summed E-state index contributed by atoms with van der Waals surface area (Å²) < 4.78 is 0.